The fourth-order valence-electron chi connectivity index (χ4n) is 1.74. The minimum Gasteiger partial charge on any atom is -0.396 e. The highest BCUT2D eigenvalue weighted by Crippen LogP contribution is 2.21. The van der Waals surface area contributed by atoms with E-state index >= 15 is 0 Å². The van der Waals surface area contributed by atoms with Gasteiger partial charge in [-0.25, -0.2) is 0 Å². The summed E-state index contributed by atoms with van der Waals surface area (Å²) in [6.07, 6.45) is 4.03. The van der Waals surface area contributed by atoms with Gasteiger partial charge in [-0.2, -0.15) is 0 Å². The molecule has 1 rings (SSSR count). The first kappa shape index (κ1) is 13.4. The topological polar surface area (TPSA) is 86.2 Å². The van der Waals surface area contributed by atoms with Crippen molar-refractivity contribution in [1.29, 1.82) is 5.41 Å². The third kappa shape index (κ3) is 3.42. The van der Waals surface area contributed by atoms with Gasteiger partial charge in [0.05, 0.1) is 11.9 Å². The minimum absolute atomic E-state index is 0.0389. The summed E-state index contributed by atoms with van der Waals surface area (Å²) in [5.74, 6) is 0.0389. The quantitative estimate of drug-likeness (QED) is 0.507. The molecule has 5 nitrogen and oxygen atoms in total. The largest absolute Gasteiger partial charge is 0.396 e. The van der Waals surface area contributed by atoms with Crippen LogP contribution >= 0.6 is 0 Å². The number of rotatable bonds is 6. The predicted molar refractivity (Wildman–Crippen MR) is 69.4 cm³/mol. The van der Waals surface area contributed by atoms with E-state index in [1.807, 2.05) is 0 Å². The van der Waals surface area contributed by atoms with Crippen LogP contribution in [0.4, 0.5) is 5.69 Å². The molecule has 1 aromatic heterocycles. The lowest BCUT2D eigenvalue weighted by atomic mass is 10.1. The molecule has 0 atom stereocenters. The molecule has 1 aromatic rings. The van der Waals surface area contributed by atoms with Crippen molar-refractivity contribution in [3.05, 3.63) is 24.0 Å². The van der Waals surface area contributed by atoms with Crippen LogP contribution in [0, 0.1) is 5.41 Å². The zero-order valence-corrected chi connectivity index (χ0v) is 10.3. The smallest absolute Gasteiger partial charge is 0.125 e. The third-order valence-corrected chi connectivity index (χ3v) is 2.58. The number of hydrogen-bond donors (Lipinski definition) is 3. The van der Waals surface area contributed by atoms with Gasteiger partial charge in [-0.15, -0.1) is 0 Å². The SMILES string of the molecule is CC(C)N(CCCO)c1cnccc1C(=N)N. The average molecular weight is 236 g/mol. The monoisotopic (exact) mass is 236 g/mol. The van der Waals surface area contributed by atoms with Gasteiger partial charge < -0.3 is 15.7 Å². The van der Waals surface area contributed by atoms with Crippen molar-refractivity contribution in [2.75, 3.05) is 18.1 Å². The number of nitrogen functional groups attached to an aromatic ring is 1. The Balaban J connectivity index is 3.04. The van der Waals surface area contributed by atoms with Gasteiger partial charge in [0.15, 0.2) is 0 Å². The van der Waals surface area contributed by atoms with Gasteiger partial charge in [0.25, 0.3) is 0 Å². The Morgan fingerprint density at radius 3 is 2.82 bits per heavy atom. The van der Waals surface area contributed by atoms with Crippen LogP contribution in [-0.4, -0.2) is 35.1 Å². The van der Waals surface area contributed by atoms with E-state index in [-0.39, 0.29) is 18.5 Å². The second kappa shape index (κ2) is 6.20. The van der Waals surface area contributed by atoms with Crippen LogP contribution in [0.5, 0.6) is 0 Å². The molecule has 0 spiro atoms. The number of pyridine rings is 1. The maximum absolute atomic E-state index is 8.91. The Bertz CT molecular complexity index is 379. The minimum atomic E-state index is 0.0389. The molecule has 0 saturated carbocycles. The number of amidine groups is 1. The highest BCUT2D eigenvalue weighted by Gasteiger charge is 2.15. The number of nitrogens with two attached hydrogens (primary N) is 1. The van der Waals surface area contributed by atoms with E-state index in [9.17, 15) is 0 Å². The van der Waals surface area contributed by atoms with Crippen LogP contribution in [0.25, 0.3) is 0 Å². The molecule has 0 aliphatic carbocycles. The molecule has 0 amide bonds. The molecule has 0 aromatic carbocycles. The number of aliphatic hydroxyl groups is 1. The van der Waals surface area contributed by atoms with Gasteiger partial charge in [0, 0.05) is 31.0 Å². The maximum atomic E-state index is 8.91. The van der Waals surface area contributed by atoms with Crippen molar-refractivity contribution in [2.24, 2.45) is 5.73 Å². The fraction of sp³-hybridized carbons (Fsp3) is 0.500. The molecule has 0 unspecified atom stereocenters. The van der Waals surface area contributed by atoms with E-state index in [2.05, 4.69) is 23.7 Å². The van der Waals surface area contributed by atoms with Gasteiger partial charge in [0.1, 0.15) is 5.84 Å². The summed E-state index contributed by atoms with van der Waals surface area (Å²) in [6.45, 7) is 5.00. The number of hydrogen-bond acceptors (Lipinski definition) is 4. The van der Waals surface area contributed by atoms with Gasteiger partial charge in [0.2, 0.25) is 0 Å². The van der Waals surface area contributed by atoms with Crippen molar-refractivity contribution in [1.82, 2.24) is 4.98 Å². The average Bonchev–Trinajstić information content (AvgIpc) is 2.29. The Morgan fingerprint density at radius 1 is 1.59 bits per heavy atom. The first-order chi connectivity index (χ1) is 8.07. The van der Waals surface area contributed by atoms with Crippen molar-refractivity contribution < 1.29 is 5.11 Å². The van der Waals surface area contributed by atoms with Crippen LogP contribution < -0.4 is 10.6 Å². The van der Waals surface area contributed by atoms with Crippen molar-refractivity contribution in [3.8, 4) is 0 Å². The summed E-state index contributed by atoms with van der Waals surface area (Å²) >= 11 is 0. The highest BCUT2D eigenvalue weighted by molar-refractivity contribution is 6.00. The van der Waals surface area contributed by atoms with Crippen molar-refractivity contribution >= 4 is 11.5 Å². The molecular formula is C12H20N4O. The lowest BCUT2D eigenvalue weighted by molar-refractivity contribution is 0.288. The third-order valence-electron chi connectivity index (χ3n) is 2.58. The molecule has 94 valence electrons. The normalized spacial score (nSPS) is 10.6. The lowest BCUT2D eigenvalue weighted by Crippen LogP contribution is -2.34. The molecule has 1 heterocycles. The number of anilines is 1. The van der Waals surface area contributed by atoms with Crippen molar-refractivity contribution in [3.63, 3.8) is 0 Å². The van der Waals surface area contributed by atoms with E-state index < -0.39 is 0 Å². The second-order valence-corrected chi connectivity index (χ2v) is 4.17. The molecule has 0 radical (unpaired) electrons. The van der Waals surface area contributed by atoms with E-state index in [0.29, 0.717) is 12.0 Å². The fourth-order valence-corrected chi connectivity index (χ4v) is 1.74. The molecule has 4 N–H and O–H groups in total. The molecular weight excluding hydrogens is 216 g/mol. The Labute approximate surface area is 102 Å². The molecule has 0 aliphatic rings. The highest BCUT2D eigenvalue weighted by atomic mass is 16.3. The molecule has 0 saturated heterocycles. The number of aromatic nitrogens is 1. The molecule has 5 heteroatoms. The second-order valence-electron chi connectivity index (χ2n) is 4.17. The van der Waals surface area contributed by atoms with Gasteiger partial charge in [-0.1, -0.05) is 0 Å². The van der Waals surface area contributed by atoms with Gasteiger partial charge >= 0.3 is 0 Å². The summed E-state index contributed by atoms with van der Waals surface area (Å²) in [5.41, 5.74) is 7.10. The summed E-state index contributed by atoms with van der Waals surface area (Å²) in [5, 5.41) is 16.5. The van der Waals surface area contributed by atoms with Crippen LogP contribution in [0.2, 0.25) is 0 Å². The Hall–Kier alpha value is -1.62. The first-order valence-electron chi connectivity index (χ1n) is 5.73. The molecule has 0 bridgehead atoms. The van der Waals surface area contributed by atoms with E-state index in [0.717, 1.165) is 12.2 Å². The first-order valence-corrected chi connectivity index (χ1v) is 5.73. The van der Waals surface area contributed by atoms with Gasteiger partial charge in [-0.3, -0.25) is 10.4 Å². The number of nitrogens with zero attached hydrogens (tertiary/aromatic N) is 2. The maximum Gasteiger partial charge on any atom is 0.125 e. The summed E-state index contributed by atoms with van der Waals surface area (Å²) < 4.78 is 0. The number of aliphatic hydroxyl groups excluding tert-OH is 1. The summed E-state index contributed by atoms with van der Waals surface area (Å²) in [4.78, 5) is 6.18. The molecule has 0 fully saturated rings. The Morgan fingerprint density at radius 2 is 2.29 bits per heavy atom. The lowest BCUT2D eigenvalue weighted by Gasteiger charge is -2.30. The van der Waals surface area contributed by atoms with Crippen LogP contribution in [0.1, 0.15) is 25.8 Å². The van der Waals surface area contributed by atoms with Crippen LogP contribution in [0.3, 0.4) is 0 Å². The van der Waals surface area contributed by atoms with Gasteiger partial charge in [-0.05, 0) is 26.3 Å². The standard InChI is InChI=1S/C12H20N4O/c1-9(2)16(6-3-7-17)11-8-15-5-4-10(11)12(13)14/h4-5,8-9,17H,3,6-7H2,1-2H3,(H3,13,14). The van der Waals surface area contributed by atoms with Crippen LogP contribution in [0.15, 0.2) is 18.5 Å². The molecule has 0 aliphatic heterocycles. The van der Waals surface area contributed by atoms with E-state index in [1.54, 1.807) is 18.5 Å². The van der Waals surface area contributed by atoms with Crippen LogP contribution in [-0.2, 0) is 0 Å². The number of nitrogens with one attached hydrogen (secondary N) is 1. The Kier molecular flexibility index (Phi) is 4.90. The molecule has 17 heavy (non-hydrogen) atoms. The van der Waals surface area contributed by atoms with Crippen molar-refractivity contribution in [2.45, 2.75) is 26.3 Å². The summed E-state index contributed by atoms with van der Waals surface area (Å²) in [7, 11) is 0. The summed E-state index contributed by atoms with van der Waals surface area (Å²) in [6, 6.07) is 2.01. The zero-order valence-electron chi connectivity index (χ0n) is 10.3. The van der Waals surface area contributed by atoms with E-state index in [4.69, 9.17) is 16.2 Å². The predicted octanol–water partition coefficient (Wildman–Crippen LogP) is 0.963. The zero-order chi connectivity index (χ0) is 12.8. The van der Waals surface area contributed by atoms with E-state index in [1.165, 1.54) is 0 Å².